The topological polar surface area (TPSA) is 54.4 Å². The van der Waals surface area contributed by atoms with Gasteiger partial charge in [-0.05, 0) is 25.1 Å². The van der Waals surface area contributed by atoms with Gasteiger partial charge in [-0.3, -0.25) is 4.90 Å². The maximum Gasteiger partial charge on any atom is 0.138 e. The van der Waals surface area contributed by atoms with E-state index >= 15 is 0 Å². The average molecular weight is 245 g/mol. The second-order valence-electron chi connectivity index (χ2n) is 5.04. The highest BCUT2D eigenvalue weighted by atomic mass is 16.3. The van der Waals surface area contributed by atoms with E-state index < -0.39 is 0 Å². The molecule has 0 spiro atoms. The summed E-state index contributed by atoms with van der Waals surface area (Å²) in [5, 5.41) is 4.49. The van der Waals surface area contributed by atoms with Crippen LogP contribution in [0, 0.1) is 0 Å². The lowest BCUT2D eigenvalue weighted by Gasteiger charge is -2.33. The number of hydrogen-bond acceptors (Lipinski definition) is 4. The molecule has 96 valence electrons. The third-order valence-corrected chi connectivity index (χ3v) is 3.66. The van der Waals surface area contributed by atoms with Gasteiger partial charge in [0.1, 0.15) is 5.58 Å². The lowest BCUT2D eigenvalue weighted by Crippen LogP contribution is -2.49. The maximum atomic E-state index is 5.95. The van der Waals surface area contributed by atoms with Crippen LogP contribution in [0.25, 0.3) is 11.0 Å². The molecule has 1 fully saturated rings. The molecule has 18 heavy (non-hydrogen) atoms. The molecule has 1 aromatic carbocycles. The molecule has 2 aromatic rings. The maximum absolute atomic E-state index is 5.95. The summed E-state index contributed by atoms with van der Waals surface area (Å²) in [4.78, 5) is 2.47. The van der Waals surface area contributed by atoms with E-state index in [0.717, 1.165) is 42.8 Å². The molecule has 1 aliphatic rings. The number of hydrogen-bond donors (Lipinski definition) is 2. The molecule has 0 bridgehead atoms. The zero-order valence-corrected chi connectivity index (χ0v) is 10.6. The molecule has 3 rings (SSSR count). The number of fused-ring (bicyclic) bond motifs is 1. The monoisotopic (exact) mass is 245 g/mol. The largest absolute Gasteiger partial charge is 0.464 e. The Labute approximate surface area is 107 Å². The third-order valence-electron chi connectivity index (χ3n) is 3.66. The van der Waals surface area contributed by atoms with Crippen molar-refractivity contribution in [2.75, 3.05) is 25.4 Å². The van der Waals surface area contributed by atoms with Gasteiger partial charge in [-0.15, -0.1) is 0 Å². The number of rotatable bonds is 2. The molecule has 0 radical (unpaired) electrons. The second kappa shape index (κ2) is 4.63. The van der Waals surface area contributed by atoms with Crippen LogP contribution in [0.5, 0.6) is 0 Å². The highest BCUT2D eigenvalue weighted by Gasteiger charge is 2.19. The molecule has 2 heterocycles. The number of nitrogens with zero attached hydrogens (tertiary/aromatic N) is 1. The van der Waals surface area contributed by atoms with E-state index in [0.29, 0.717) is 6.04 Å². The zero-order valence-electron chi connectivity index (χ0n) is 10.6. The Morgan fingerprint density at radius 3 is 3.22 bits per heavy atom. The van der Waals surface area contributed by atoms with Crippen LogP contribution < -0.4 is 11.1 Å². The first kappa shape index (κ1) is 11.6. The molecule has 1 saturated heterocycles. The Bertz CT molecular complexity index is 549. The molecule has 4 heteroatoms. The van der Waals surface area contributed by atoms with Crippen molar-refractivity contribution in [2.24, 2.45) is 0 Å². The Kier molecular flexibility index (Phi) is 2.97. The predicted molar refractivity (Wildman–Crippen MR) is 73.4 cm³/mol. The fraction of sp³-hybridized carbons (Fsp3) is 0.429. The van der Waals surface area contributed by atoms with E-state index in [1.807, 2.05) is 18.2 Å². The predicted octanol–water partition coefficient (Wildman–Crippen LogP) is 1.81. The van der Waals surface area contributed by atoms with E-state index in [1.165, 1.54) is 5.56 Å². The van der Waals surface area contributed by atoms with Crippen molar-refractivity contribution >= 4 is 16.7 Å². The third kappa shape index (κ3) is 2.09. The minimum atomic E-state index is 0.546. The van der Waals surface area contributed by atoms with Crippen molar-refractivity contribution in [3.63, 3.8) is 0 Å². The summed E-state index contributed by atoms with van der Waals surface area (Å²) in [6.07, 6.45) is 1.73. The molecule has 0 saturated carbocycles. The quantitative estimate of drug-likeness (QED) is 0.792. The lowest BCUT2D eigenvalue weighted by atomic mass is 10.1. The molecule has 3 N–H and O–H groups in total. The molecule has 1 unspecified atom stereocenters. The minimum Gasteiger partial charge on any atom is -0.464 e. The number of nitrogens with one attached hydrogen (secondary N) is 1. The van der Waals surface area contributed by atoms with Crippen molar-refractivity contribution in [1.29, 1.82) is 0 Å². The zero-order chi connectivity index (χ0) is 12.5. The van der Waals surface area contributed by atoms with Gasteiger partial charge in [-0.1, -0.05) is 0 Å². The number of nitrogens with two attached hydrogens (primary N) is 1. The number of anilines is 1. The summed E-state index contributed by atoms with van der Waals surface area (Å²) in [6, 6.07) is 6.51. The summed E-state index contributed by atoms with van der Waals surface area (Å²) in [5.74, 6) is 0. The van der Waals surface area contributed by atoms with Crippen molar-refractivity contribution < 1.29 is 4.42 Å². The van der Waals surface area contributed by atoms with Crippen LogP contribution in [0.1, 0.15) is 12.5 Å². The van der Waals surface area contributed by atoms with Crippen molar-refractivity contribution in [1.82, 2.24) is 10.2 Å². The smallest absolute Gasteiger partial charge is 0.138 e. The molecular formula is C14H19N3O. The van der Waals surface area contributed by atoms with Crippen LogP contribution in [-0.2, 0) is 6.54 Å². The summed E-state index contributed by atoms with van der Waals surface area (Å²) >= 11 is 0. The molecular weight excluding hydrogens is 226 g/mol. The highest BCUT2D eigenvalue weighted by Crippen LogP contribution is 2.25. The number of benzene rings is 1. The summed E-state index contributed by atoms with van der Waals surface area (Å²) in [5.41, 5.74) is 8.91. The minimum absolute atomic E-state index is 0.546. The van der Waals surface area contributed by atoms with E-state index in [-0.39, 0.29) is 0 Å². The fourth-order valence-corrected chi connectivity index (χ4v) is 2.64. The first-order valence-corrected chi connectivity index (χ1v) is 6.44. The first-order valence-electron chi connectivity index (χ1n) is 6.44. The van der Waals surface area contributed by atoms with Crippen LogP contribution in [0.2, 0.25) is 0 Å². The molecule has 0 aliphatic carbocycles. The van der Waals surface area contributed by atoms with E-state index in [2.05, 4.69) is 17.1 Å². The number of piperazine rings is 1. The standard InChI is InChI=1S/C14H19N3O/c1-10-8-16-3-4-17(10)9-12-7-13(15)6-11-2-5-18-14(11)12/h2,5-7,10,16H,3-4,8-9,15H2,1H3. The second-order valence-corrected chi connectivity index (χ2v) is 5.04. The van der Waals surface area contributed by atoms with Gasteiger partial charge in [0.2, 0.25) is 0 Å². The summed E-state index contributed by atoms with van der Waals surface area (Å²) in [6.45, 7) is 6.31. The van der Waals surface area contributed by atoms with Crippen LogP contribution in [0.3, 0.4) is 0 Å². The van der Waals surface area contributed by atoms with Crippen molar-refractivity contribution in [3.8, 4) is 0 Å². The van der Waals surface area contributed by atoms with E-state index in [1.54, 1.807) is 6.26 Å². The lowest BCUT2D eigenvalue weighted by molar-refractivity contribution is 0.166. The van der Waals surface area contributed by atoms with Gasteiger partial charge >= 0.3 is 0 Å². The van der Waals surface area contributed by atoms with E-state index in [9.17, 15) is 0 Å². The fourth-order valence-electron chi connectivity index (χ4n) is 2.64. The normalized spacial score (nSPS) is 21.5. The van der Waals surface area contributed by atoms with Gasteiger partial charge in [-0.25, -0.2) is 0 Å². The van der Waals surface area contributed by atoms with Gasteiger partial charge < -0.3 is 15.5 Å². The number of furan rings is 1. The first-order chi connectivity index (χ1) is 8.74. The molecule has 4 nitrogen and oxygen atoms in total. The van der Waals surface area contributed by atoms with Crippen molar-refractivity contribution in [2.45, 2.75) is 19.5 Å². The summed E-state index contributed by atoms with van der Waals surface area (Å²) < 4.78 is 5.58. The van der Waals surface area contributed by atoms with Crippen LogP contribution in [0.4, 0.5) is 5.69 Å². The van der Waals surface area contributed by atoms with Crippen LogP contribution in [-0.4, -0.2) is 30.6 Å². The van der Waals surface area contributed by atoms with Gasteiger partial charge in [0.15, 0.2) is 0 Å². The molecule has 1 aliphatic heterocycles. The SMILES string of the molecule is CC1CNCCN1Cc1cc(N)cc2ccoc12. The van der Waals surface area contributed by atoms with Crippen LogP contribution in [0.15, 0.2) is 28.9 Å². The van der Waals surface area contributed by atoms with E-state index in [4.69, 9.17) is 10.2 Å². The molecule has 1 atom stereocenters. The Morgan fingerprint density at radius 2 is 2.39 bits per heavy atom. The summed E-state index contributed by atoms with van der Waals surface area (Å²) in [7, 11) is 0. The Balaban J connectivity index is 1.91. The molecule has 0 amide bonds. The molecule has 1 aromatic heterocycles. The highest BCUT2D eigenvalue weighted by molar-refractivity contribution is 5.83. The van der Waals surface area contributed by atoms with Gasteiger partial charge in [0.25, 0.3) is 0 Å². The number of nitrogen functional groups attached to an aromatic ring is 1. The van der Waals surface area contributed by atoms with Crippen molar-refractivity contribution in [3.05, 3.63) is 30.0 Å². The Hall–Kier alpha value is -1.52. The Morgan fingerprint density at radius 1 is 1.50 bits per heavy atom. The van der Waals surface area contributed by atoms with Gasteiger partial charge in [0, 0.05) is 48.9 Å². The van der Waals surface area contributed by atoms with Crippen LogP contribution >= 0.6 is 0 Å². The average Bonchev–Trinajstić information content (AvgIpc) is 2.80. The van der Waals surface area contributed by atoms with Gasteiger partial charge in [-0.2, -0.15) is 0 Å². The van der Waals surface area contributed by atoms with Gasteiger partial charge in [0.05, 0.1) is 6.26 Å².